The molecule has 4 heteroatoms. The van der Waals surface area contributed by atoms with Gasteiger partial charge in [-0.3, -0.25) is 0 Å². The maximum Gasteiger partial charge on any atom is 0.336 e. The highest BCUT2D eigenvalue weighted by Crippen LogP contribution is 2.28. The fourth-order valence-corrected chi connectivity index (χ4v) is 4.11. The predicted molar refractivity (Wildman–Crippen MR) is 130 cm³/mol. The number of rotatable bonds is 5. The lowest BCUT2D eigenvalue weighted by molar-refractivity contribution is 0.0697. The molecule has 1 N–H and O–H groups in total. The van der Waals surface area contributed by atoms with Crippen LogP contribution in [0.1, 0.15) is 53.6 Å². The van der Waals surface area contributed by atoms with Crippen molar-refractivity contribution >= 4 is 17.0 Å². The van der Waals surface area contributed by atoms with Gasteiger partial charge in [0.15, 0.2) is 0 Å². The largest absolute Gasteiger partial charge is 0.478 e. The van der Waals surface area contributed by atoms with Gasteiger partial charge in [-0.25, -0.2) is 9.78 Å². The van der Waals surface area contributed by atoms with Gasteiger partial charge in [0.1, 0.15) is 5.82 Å². The second-order valence-corrected chi connectivity index (χ2v) is 9.82. The van der Waals surface area contributed by atoms with Gasteiger partial charge in [-0.2, -0.15) is 0 Å². The molecule has 0 saturated carbocycles. The van der Waals surface area contributed by atoms with Crippen molar-refractivity contribution in [2.24, 2.45) is 5.41 Å². The minimum atomic E-state index is -0.910. The highest BCUT2D eigenvalue weighted by Gasteiger charge is 2.19. The van der Waals surface area contributed by atoms with E-state index in [1.807, 2.05) is 24.3 Å². The van der Waals surface area contributed by atoms with Gasteiger partial charge in [0.2, 0.25) is 0 Å². The first-order valence-corrected chi connectivity index (χ1v) is 11.0. The zero-order chi connectivity index (χ0) is 23.0. The smallest absolute Gasteiger partial charge is 0.336 e. The van der Waals surface area contributed by atoms with E-state index in [2.05, 4.69) is 63.5 Å². The first kappa shape index (κ1) is 21.8. The van der Waals surface area contributed by atoms with Gasteiger partial charge in [0.05, 0.1) is 16.6 Å². The minimum absolute atomic E-state index is 0.133. The number of carbonyl (C=O) groups is 1. The Kier molecular flexibility index (Phi) is 5.64. The molecule has 32 heavy (non-hydrogen) atoms. The summed E-state index contributed by atoms with van der Waals surface area (Å²) in [6, 6.07) is 19.7. The molecule has 0 spiro atoms. The van der Waals surface area contributed by atoms with E-state index in [0.29, 0.717) is 5.56 Å². The van der Waals surface area contributed by atoms with Crippen molar-refractivity contribution in [3.63, 3.8) is 0 Å². The zero-order valence-electron chi connectivity index (χ0n) is 19.4. The molecule has 1 heterocycles. The average Bonchev–Trinajstić information content (AvgIpc) is 3.03. The predicted octanol–water partition coefficient (Wildman–Crippen LogP) is 6.66. The molecule has 3 aromatic carbocycles. The maximum absolute atomic E-state index is 11.6. The van der Waals surface area contributed by atoms with Crippen LogP contribution in [0, 0.1) is 19.3 Å². The Morgan fingerprint density at radius 2 is 1.62 bits per heavy atom. The highest BCUT2D eigenvalue weighted by atomic mass is 16.4. The monoisotopic (exact) mass is 426 g/mol. The molecule has 0 atom stereocenters. The standard InChI is InChI=1S/C28H30N2O2/c1-18-14-24-25(15-19(18)2)30(26(29-24)16-28(3,4)5)17-20-10-12-21(13-11-20)22-8-6-7-9-23(22)27(31)32/h6-15H,16-17H2,1-5H3,(H,31,32). The van der Waals surface area contributed by atoms with E-state index in [1.165, 1.54) is 11.1 Å². The number of carboxylic acids is 1. The fraction of sp³-hybridized carbons (Fsp3) is 0.286. The lowest BCUT2D eigenvalue weighted by atomic mass is 9.92. The van der Waals surface area contributed by atoms with Crippen molar-refractivity contribution in [3.05, 3.63) is 88.7 Å². The summed E-state index contributed by atoms with van der Waals surface area (Å²) in [5.41, 5.74) is 7.98. The molecule has 4 nitrogen and oxygen atoms in total. The van der Waals surface area contributed by atoms with E-state index in [0.717, 1.165) is 46.5 Å². The fourth-order valence-electron chi connectivity index (χ4n) is 4.11. The molecule has 0 aliphatic heterocycles. The lowest BCUT2D eigenvalue weighted by Crippen LogP contribution is -2.15. The van der Waals surface area contributed by atoms with E-state index in [1.54, 1.807) is 12.1 Å². The SMILES string of the molecule is Cc1cc2nc(CC(C)(C)C)n(Cc3ccc(-c4ccccc4C(=O)O)cc3)c2cc1C. The summed E-state index contributed by atoms with van der Waals surface area (Å²) in [6.07, 6.45) is 0.893. The van der Waals surface area contributed by atoms with Crippen molar-refractivity contribution in [3.8, 4) is 11.1 Å². The van der Waals surface area contributed by atoms with Crippen LogP contribution in [-0.2, 0) is 13.0 Å². The molecule has 4 aromatic rings. The minimum Gasteiger partial charge on any atom is -0.478 e. The number of aromatic carboxylic acids is 1. The van der Waals surface area contributed by atoms with Crippen molar-refractivity contribution < 1.29 is 9.90 Å². The third-order valence-electron chi connectivity index (χ3n) is 5.89. The molecule has 4 rings (SSSR count). The van der Waals surface area contributed by atoms with Crippen LogP contribution in [0.4, 0.5) is 0 Å². The molecule has 0 bridgehead atoms. The Balaban J connectivity index is 1.73. The number of fused-ring (bicyclic) bond motifs is 1. The Morgan fingerprint density at radius 1 is 0.969 bits per heavy atom. The van der Waals surface area contributed by atoms with Gasteiger partial charge in [-0.1, -0.05) is 63.2 Å². The summed E-state index contributed by atoms with van der Waals surface area (Å²) in [7, 11) is 0. The van der Waals surface area contributed by atoms with Crippen molar-refractivity contribution in [1.82, 2.24) is 9.55 Å². The van der Waals surface area contributed by atoms with E-state index < -0.39 is 5.97 Å². The third kappa shape index (κ3) is 4.45. The van der Waals surface area contributed by atoms with Crippen molar-refractivity contribution in [1.29, 1.82) is 0 Å². The van der Waals surface area contributed by atoms with E-state index >= 15 is 0 Å². The van der Waals surface area contributed by atoms with E-state index in [-0.39, 0.29) is 5.41 Å². The number of benzene rings is 3. The third-order valence-corrected chi connectivity index (χ3v) is 5.89. The number of nitrogens with zero attached hydrogens (tertiary/aromatic N) is 2. The Morgan fingerprint density at radius 3 is 2.28 bits per heavy atom. The lowest BCUT2D eigenvalue weighted by Gasteiger charge is -2.19. The van der Waals surface area contributed by atoms with Gasteiger partial charge >= 0.3 is 5.97 Å². The molecular formula is C28H30N2O2. The van der Waals surface area contributed by atoms with Crippen LogP contribution < -0.4 is 0 Å². The number of carboxylic acid groups (broad SMARTS) is 1. The number of hydrogen-bond acceptors (Lipinski definition) is 2. The second-order valence-electron chi connectivity index (χ2n) is 9.82. The summed E-state index contributed by atoms with van der Waals surface area (Å²) in [4.78, 5) is 16.6. The van der Waals surface area contributed by atoms with E-state index in [9.17, 15) is 9.90 Å². The Hall–Kier alpha value is -3.40. The number of aromatic nitrogens is 2. The van der Waals surface area contributed by atoms with Gasteiger partial charge < -0.3 is 9.67 Å². The molecule has 0 aliphatic carbocycles. The average molecular weight is 427 g/mol. The van der Waals surface area contributed by atoms with Crippen molar-refractivity contribution in [2.45, 2.75) is 47.6 Å². The van der Waals surface area contributed by atoms with Crippen LogP contribution in [-0.4, -0.2) is 20.6 Å². The Labute approximate surface area is 189 Å². The number of imidazole rings is 1. The first-order valence-electron chi connectivity index (χ1n) is 11.0. The van der Waals surface area contributed by atoms with Gasteiger partial charge in [0, 0.05) is 13.0 Å². The van der Waals surface area contributed by atoms with Crippen LogP contribution in [0.25, 0.3) is 22.2 Å². The summed E-state index contributed by atoms with van der Waals surface area (Å²) in [5.74, 6) is 0.185. The van der Waals surface area contributed by atoms with Gasteiger partial charge in [-0.05, 0) is 65.3 Å². The van der Waals surface area contributed by atoms with Crippen LogP contribution >= 0.6 is 0 Å². The molecule has 0 radical (unpaired) electrons. The molecule has 0 saturated heterocycles. The summed E-state index contributed by atoms with van der Waals surface area (Å²) in [6.45, 7) is 11.7. The van der Waals surface area contributed by atoms with Crippen LogP contribution in [0.3, 0.4) is 0 Å². The van der Waals surface area contributed by atoms with Crippen molar-refractivity contribution in [2.75, 3.05) is 0 Å². The topological polar surface area (TPSA) is 55.1 Å². The normalized spacial score (nSPS) is 11.8. The maximum atomic E-state index is 11.6. The summed E-state index contributed by atoms with van der Waals surface area (Å²) in [5, 5.41) is 9.51. The van der Waals surface area contributed by atoms with Crippen LogP contribution in [0.15, 0.2) is 60.7 Å². The van der Waals surface area contributed by atoms with Gasteiger partial charge in [0.25, 0.3) is 0 Å². The highest BCUT2D eigenvalue weighted by molar-refractivity contribution is 5.96. The molecule has 1 aromatic heterocycles. The van der Waals surface area contributed by atoms with E-state index in [4.69, 9.17) is 4.98 Å². The van der Waals surface area contributed by atoms with Gasteiger partial charge in [-0.15, -0.1) is 0 Å². The molecular weight excluding hydrogens is 396 g/mol. The van der Waals surface area contributed by atoms with Crippen LogP contribution in [0.5, 0.6) is 0 Å². The molecule has 0 unspecified atom stereocenters. The Bertz CT molecular complexity index is 1290. The number of aryl methyl sites for hydroxylation is 2. The zero-order valence-corrected chi connectivity index (χ0v) is 19.4. The molecule has 0 aliphatic rings. The second kappa shape index (κ2) is 8.27. The van der Waals surface area contributed by atoms with Crippen LogP contribution in [0.2, 0.25) is 0 Å². The first-order chi connectivity index (χ1) is 15.1. The summed E-state index contributed by atoms with van der Waals surface area (Å²) < 4.78 is 2.33. The quantitative estimate of drug-likeness (QED) is 0.388. The molecule has 0 amide bonds. The summed E-state index contributed by atoms with van der Waals surface area (Å²) >= 11 is 0. The molecule has 0 fully saturated rings. The number of hydrogen-bond donors (Lipinski definition) is 1. The molecule has 164 valence electrons.